The number of thiophene rings is 1. The first kappa shape index (κ1) is 19.0. The van der Waals surface area contributed by atoms with Crippen molar-refractivity contribution in [3.05, 3.63) is 67.9 Å². The third-order valence-corrected chi connectivity index (χ3v) is 6.49. The first-order valence-electron chi connectivity index (χ1n) is 7.88. The van der Waals surface area contributed by atoms with Crippen molar-refractivity contribution in [2.75, 3.05) is 0 Å². The zero-order valence-electron chi connectivity index (χ0n) is 13.9. The van der Waals surface area contributed by atoms with E-state index < -0.39 is 5.97 Å². The summed E-state index contributed by atoms with van der Waals surface area (Å²) in [5.41, 5.74) is 6.29. The van der Waals surface area contributed by atoms with Gasteiger partial charge in [0.05, 0.1) is 9.93 Å². The van der Waals surface area contributed by atoms with Crippen LogP contribution in [0, 0.1) is 0 Å². The van der Waals surface area contributed by atoms with Gasteiger partial charge in [0.25, 0.3) is 5.91 Å². The number of halogens is 2. The molecule has 0 aliphatic carbocycles. The first-order chi connectivity index (χ1) is 13.4. The smallest absolute Gasteiger partial charge is 0.355 e. The number of hydrogen-bond acceptors (Lipinski definition) is 6. The van der Waals surface area contributed by atoms with Gasteiger partial charge >= 0.3 is 5.97 Å². The molecule has 2 aromatic carbocycles. The average molecular weight is 449 g/mol. The van der Waals surface area contributed by atoms with Gasteiger partial charge in [-0.2, -0.15) is 4.99 Å². The second-order valence-corrected chi connectivity index (χ2v) is 8.64. The molecular formula is C19H10Cl2N2O3S2. The van der Waals surface area contributed by atoms with E-state index in [1.165, 1.54) is 11.3 Å². The second kappa shape index (κ2) is 7.60. The van der Waals surface area contributed by atoms with Crippen LogP contribution in [0.5, 0.6) is 5.75 Å². The molecule has 5 nitrogen and oxygen atoms in total. The standard InChI is InChI=1S/C19H10Cl2N2O3S2/c20-10-3-6-12-13(8-10)27-16(15(12)21)18(25)26-11-4-1-9(2-5-11)7-14-17(24)23-19(22)28-14/h1-8H,(H2,22,23,24)/b14-7-. The molecule has 1 aromatic heterocycles. The maximum atomic E-state index is 12.5. The van der Waals surface area contributed by atoms with E-state index >= 15 is 0 Å². The molecule has 140 valence electrons. The molecule has 1 aliphatic heterocycles. The average Bonchev–Trinajstić information content (AvgIpc) is 3.15. The summed E-state index contributed by atoms with van der Waals surface area (Å²) in [6, 6.07) is 12.0. The van der Waals surface area contributed by atoms with Gasteiger partial charge in [-0.3, -0.25) is 4.79 Å². The van der Waals surface area contributed by atoms with Gasteiger partial charge < -0.3 is 10.5 Å². The Hall–Kier alpha value is -2.32. The van der Waals surface area contributed by atoms with Crippen molar-refractivity contribution in [2.24, 2.45) is 10.7 Å². The maximum Gasteiger partial charge on any atom is 0.355 e. The van der Waals surface area contributed by atoms with E-state index in [0.29, 0.717) is 25.6 Å². The Kier molecular flexibility index (Phi) is 5.16. The molecule has 0 fully saturated rings. The van der Waals surface area contributed by atoms with Gasteiger partial charge in [0, 0.05) is 15.1 Å². The number of benzene rings is 2. The van der Waals surface area contributed by atoms with Gasteiger partial charge in [0.2, 0.25) is 0 Å². The number of amidine groups is 1. The van der Waals surface area contributed by atoms with Crippen LogP contribution in [0.4, 0.5) is 0 Å². The van der Waals surface area contributed by atoms with Crippen LogP contribution >= 0.6 is 46.3 Å². The fourth-order valence-electron chi connectivity index (χ4n) is 2.53. The largest absolute Gasteiger partial charge is 0.422 e. The summed E-state index contributed by atoms with van der Waals surface area (Å²) in [4.78, 5) is 28.6. The van der Waals surface area contributed by atoms with Crippen LogP contribution in [0.25, 0.3) is 16.2 Å². The molecule has 2 N–H and O–H groups in total. The number of nitrogens with zero attached hydrogens (tertiary/aromatic N) is 1. The highest BCUT2D eigenvalue weighted by Crippen LogP contribution is 2.37. The number of thioether (sulfide) groups is 1. The summed E-state index contributed by atoms with van der Waals surface area (Å²) in [7, 11) is 0. The molecule has 1 aliphatic rings. The Balaban J connectivity index is 1.52. The van der Waals surface area contributed by atoms with Gasteiger partial charge in [0.1, 0.15) is 10.6 Å². The zero-order valence-corrected chi connectivity index (χ0v) is 17.1. The van der Waals surface area contributed by atoms with Crippen LogP contribution in [0.2, 0.25) is 10.0 Å². The van der Waals surface area contributed by atoms with Crippen molar-refractivity contribution in [1.29, 1.82) is 0 Å². The Morgan fingerprint density at radius 2 is 1.89 bits per heavy atom. The number of rotatable bonds is 3. The molecular weight excluding hydrogens is 439 g/mol. The minimum atomic E-state index is -0.545. The molecule has 4 rings (SSSR count). The van der Waals surface area contributed by atoms with Crippen molar-refractivity contribution in [1.82, 2.24) is 0 Å². The van der Waals surface area contributed by atoms with Crippen LogP contribution in [-0.4, -0.2) is 17.0 Å². The molecule has 0 atom stereocenters. The molecule has 28 heavy (non-hydrogen) atoms. The van der Waals surface area contributed by atoms with Crippen molar-refractivity contribution in [3.63, 3.8) is 0 Å². The number of ether oxygens (including phenoxy) is 1. The van der Waals surface area contributed by atoms with Crippen LogP contribution in [0.3, 0.4) is 0 Å². The van der Waals surface area contributed by atoms with Crippen LogP contribution in [-0.2, 0) is 4.79 Å². The number of nitrogens with two attached hydrogens (primary N) is 1. The molecule has 0 saturated carbocycles. The number of carbonyl (C=O) groups excluding carboxylic acids is 2. The highest BCUT2D eigenvalue weighted by Gasteiger charge is 2.20. The van der Waals surface area contributed by atoms with Crippen LogP contribution in [0.15, 0.2) is 52.4 Å². The van der Waals surface area contributed by atoms with Crippen LogP contribution < -0.4 is 10.5 Å². The first-order valence-corrected chi connectivity index (χ1v) is 10.3. The molecule has 0 saturated heterocycles. The minimum absolute atomic E-state index is 0.225. The third-order valence-electron chi connectivity index (χ3n) is 3.80. The molecule has 1 amide bonds. The van der Waals surface area contributed by atoms with Gasteiger partial charge in [-0.25, -0.2) is 4.79 Å². The van der Waals surface area contributed by atoms with Gasteiger partial charge in [0.15, 0.2) is 5.17 Å². The zero-order chi connectivity index (χ0) is 19.8. The summed E-state index contributed by atoms with van der Waals surface area (Å²) < 4.78 is 6.23. The number of carbonyl (C=O) groups is 2. The second-order valence-electron chi connectivity index (χ2n) is 5.71. The predicted molar refractivity (Wildman–Crippen MR) is 115 cm³/mol. The number of esters is 1. The van der Waals surface area contributed by atoms with Gasteiger partial charge in [-0.1, -0.05) is 41.4 Å². The summed E-state index contributed by atoms with van der Waals surface area (Å²) in [6.07, 6.45) is 1.68. The van der Waals surface area contributed by atoms with E-state index in [0.717, 1.165) is 27.4 Å². The Morgan fingerprint density at radius 3 is 2.57 bits per heavy atom. The number of aliphatic imine (C=N–C) groups is 1. The number of hydrogen-bond donors (Lipinski definition) is 1. The highest BCUT2D eigenvalue weighted by molar-refractivity contribution is 8.18. The van der Waals surface area contributed by atoms with Crippen molar-refractivity contribution in [3.8, 4) is 5.75 Å². The molecule has 0 bridgehead atoms. The predicted octanol–water partition coefficient (Wildman–Crippen LogP) is 5.36. The minimum Gasteiger partial charge on any atom is -0.422 e. The van der Waals surface area contributed by atoms with Crippen molar-refractivity contribution in [2.45, 2.75) is 0 Å². The van der Waals surface area contributed by atoms with E-state index in [1.54, 1.807) is 48.5 Å². The lowest BCUT2D eigenvalue weighted by Gasteiger charge is -2.04. The Bertz CT molecular complexity index is 1180. The van der Waals surface area contributed by atoms with Gasteiger partial charge in [-0.15, -0.1) is 11.3 Å². The van der Waals surface area contributed by atoms with Crippen LogP contribution in [0.1, 0.15) is 15.2 Å². The molecule has 2 heterocycles. The summed E-state index contributed by atoms with van der Waals surface area (Å²) in [6.45, 7) is 0. The molecule has 3 aromatic rings. The lowest BCUT2D eigenvalue weighted by atomic mass is 10.2. The number of fused-ring (bicyclic) bond motifs is 1. The molecule has 0 unspecified atom stereocenters. The lowest BCUT2D eigenvalue weighted by molar-refractivity contribution is -0.113. The topological polar surface area (TPSA) is 81.8 Å². The maximum absolute atomic E-state index is 12.5. The quantitative estimate of drug-likeness (QED) is 0.331. The Labute approximate surface area is 177 Å². The van der Waals surface area contributed by atoms with E-state index in [4.69, 9.17) is 33.7 Å². The van der Waals surface area contributed by atoms with E-state index in [-0.39, 0.29) is 11.1 Å². The summed E-state index contributed by atoms with van der Waals surface area (Å²) in [5.74, 6) is -0.548. The summed E-state index contributed by atoms with van der Waals surface area (Å²) >= 11 is 14.6. The number of amides is 1. The lowest BCUT2D eigenvalue weighted by Crippen LogP contribution is -2.06. The Morgan fingerprint density at radius 1 is 1.14 bits per heavy atom. The molecule has 9 heteroatoms. The van der Waals surface area contributed by atoms with Crippen molar-refractivity contribution < 1.29 is 14.3 Å². The highest BCUT2D eigenvalue weighted by atomic mass is 35.5. The fourth-order valence-corrected chi connectivity index (χ4v) is 4.88. The summed E-state index contributed by atoms with van der Waals surface area (Å²) in [5, 5.41) is 1.90. The third kappa shape index (κ3) is 3.79. The van der Waals surface area contributed by atoms with E-state index in [2.05, 4.69) is 4.99 Å². The molecule has 0 radical (unpaired) electrons. The van der Waals surface area contributed by atoms with E-state index in [9.17, 15) is 9.59 Å². The molecule has 0 spiro atoms. The normalized spacial score (nSPS) is 15.3. The van der Waals surface area contributed by atoms with Gasteiger partial charge in [-0.05, 0) is 47.7 Å². The fraction of sp³-hybridized carbons (Fsp3) is 0. The van der Waals surface area contributed by atoms with Crippen molar-refractivity contribution >= 4 is 79.5 Å². The monoisotopic (exact) mass is 448 g/mol. The SMILES string of the molecule is NC1=NC(=O)/C(=C/c2ccc(OC(=O)c3sc4cc(Cl)ccc4c3Cl)cc2)S1. The van der Waals surface area contributed by atoms with E-state index in [1.807, 2.05) is 0 Å².